The fourth-order valence-electron chi connectivity index (χ4n) is 7.79. The van der Waals surface area contributed by atoms with Gasteiger partial charge in [0.25, 0.3) is 11.8 Å². The molecule has 2 aromatic carbocycles. The quantitative estimate of drug-likeness (QED) is 0.121. The molecule has 370 valence electrons. The molecular formula is C48H51BBr2Cl2N12O6. The highest BCUT2D eigenvalue weighted by molar-refractivity contribution is 9.11. The molecule has 0 bridgehead atoms. The van der Waals surface area contributed by atoms with Crippen LogP contribution < -0.4 is 10.8 Å². The maximum Gasteiger partial charge on any atom is 0.488 e. The zero-order chi connectivity index (χ0) is 50.3. The van der Waals surface area contributed by atoms with E-state index < -0.39 is 13.1 Å². The smallest absolute Gasteiger partial charge is 0.478 e. The van der Waals surface area contributed by atoms with Gasteiger partial charge in [-0.2, -0.15) is 15.3 Å². The summed E-state index contributed by atoms with van der Waals surface area (Å²) in [4.78, 5) is 51.9. The second-order valence-corrected chi connectivity index (χ2v) is 19.2. The van der Waals surface area contributed by atoms with E-state index in [9.17, 15) is 14.4 Å². The van der Waals surface area contributed by atoms with Gasteiger partial charge in [-0.1, -0.05) is 53.9 Å². The first kappa shape index (κ1) is 53.0. The number of fused-ring (bicyclic) bond motifs is 3. The molecule has 18 nitrogen and oxygen atoms in total. The number of halogens is 4. The summed E-state index contributed by atoms with van der Waals surface area (Å²) in [5, 5.41) is 42.8. The summed E-state index contributed by atoms with van der Waals surface area (Å²) in [6.45, 7) is 5.84. The van der Waals surface area contributed by atoms with Gasteiger partial charge in [0.1, 0.15) is 0 Å². The Kier molecular flexibility index (Phi) is 19.5. The number of hydrogen-bond donors (Lipinski definition) is 4. The molecule has 0 spiro atoms. The standard InChI is InChI=1S/C18H17ClN4O.C12H13BrN4O.C7H4BrN3O2.C6H6BClO2.C5H11N/c19-15-6-4-5-13(9-15)16-11-21-23-12-14(10-20-17(16)23)18(24)22-7-2-1-3-8-22;13-10-7-15-17-8-9(6-14-11(10)17)12(18)16-4-2-1-3-5-16;8-5-2-10-11-3-4(7(12)13)1-9-6(5)11;8-6-3-1-2-5(4-6)7(9)10;1-2-4-6-5-3-1/h4-6,9-12H,1-3,7-8H2;6-8H,1-5H2;1-3H,(H,12,13);1-4,9-10H;6H,1-5H2. The van der Waals surface area contributed by atoms with Crippen molar-refractivity contribution >= 4 is 102 Å². The summed E-state index contributed by atoms with van der Waals surface area (Å²) in [7, 11) is -1.43. The molecule has 0 atom stereocenters. The lowest BCUT2D eigenvalue weighted by Gasteiger charge is -2.26. The monoisotopic (exact) mass is 1130 g/mol. The number of likely N-dealkylation sites (tertiary alicyclic amines) is 2. The summed E-state index contributed by atoms with van der Waals surface area (Å²) >= 11 is 18.2. The van der Waals surface area contributed by atoms with Crippen LogP contribution in [0.5, 0.6) is 0 Å². The van der Waals surface area contributed by atoms with Crippen LogP contribution in [0.25, 0.3) is 28.1 Å². The number of nitrogens with one attached hydrogen (secondary N) is 1. The van der Waals surface area contributed by atoms with Crippen molar-refractivity contribution in [2.75, 3.05) is 39.3 Å². The molecule has 3 aliphatic heterocycles. The van der Waals surface area contributed by atoms with Gasteiger partial charge in [0.05, 0.1) is 44.2 Å². The number of carboxylic acids is 1. The first-order chi connectivity index (χ1) is 34.4. The van der Waals surface area contributed by atoms with Crippen molar-refractivity contribution in [3.8, 4) is 11.1 Å². The predicted octanol–water partition coefficient (Wildman–Crippen LogP) is 7.76. The van der Waals surface area contributed by atoms with Gasteiger partial charge in [-0.3, -0.25) is 9.59 Å². The van der Waals surface area contributed by atoms with E-state index in [2.05, 4.69) is 67.4 Å². The van der Waals surface area contributed by atoms with Crippen LogP contribution in [0.1, 0.15) is 88.9 Å². The number of rotatable bonds is 5. The van der Waals surface area contributed by atoms with Crippen LogP contribution in [0.15, 0.2) is 113 Å². The summed E-state index contributed by atoms with van der Waals surface area (Å²) in [5.41, 5.74) is 5.60. The van der Waals surface area contributed by atoms with Gasteiger partial charge in [0.15, 0.2) is 16.9 Å². The first-order valence-electron chi connectivity index (χ1n) is 23.1. The van der Waals surface area contributed by atoms with E-state index in [0.717, 1.165) is 77.6 Å². The lowest BCUT2D eigenvalue weighted by atomic mass is 9.81. The minimum atomic E-state index is -1.43. The molecule has 23 heteroatoms. The highest BCUT2D eigenvalue weighted by Gasteiger charge is 2.21. The predicted molar refractivity (Wildman–Crippen MR) is 279 cm³/mol. The molecule has 11 rings (SSSR count). The normalized spacial score (nSPS) is 14.5. The molecule has 2 amide bonds. The summed E-state index contributed by atoms with van der Waals surface area (Å²) in [6, 6.07) is 14.0. The van der Waals surface area contributed by atoms with Gasteiger partial charge >= 0.3 is 13.1 Å². The number of nitrogens with zero attached hydrogens (tertiary/aromatic N) is 11. The van der Waals surface area contributed by atoms with E-state index in [1.807, 2.05) is 34.1 Å². The number of carboxylic acid groups (broad SMARTS) is 1. The van der Waals surface area contributed by atoms with Crippen LogP contribution in [0.4, 0.5) is 0 Å². The number of hydrogen-bond acceptors (Lipinski definition) is 12. The third-order valence-electron chi connectivity index (χ3n) is 11.5. The molecule has 3 aliphatic rings. The van der Waals surface area contributed by atoms with Gasteiger partial charge < -0.3 is 30.3 Å². The molecule has 6 aromatic heterocycles. The molecule has 71 heavy (non-hydrogen) atoms. The van der Waals surface area contributed by atoms with Crippen molar-refractivity contribution in [1.29, 1.82) is 0 Å². The van der Waals surface area contributed by atoms with E-state index in [-0.39, 0.29) is 17.4 Å². The van der Waals surface area contributed by atoms with Gasteiger partial charge in [-0.05, 0) is 132 Å². The Hall–Kier alpha value is -5.81. The second kappa shape index (κ2) is 26.1. The highest BCUT2D eigenvalue weighted by atomic mass is 79.9. The number of carbonyl (C=O) groups is 3. The Morgan fingerprint density at radius 2 is 1.01 bits per heavy atom. The summed E-state index contributed by atoms with van der Waals surface area (Å²) in [5.74, 6) is -0.930. The largest absolute Gasteiger partial charge is 0.488 e. The van der Waals surface area contributed by atoms with Crippen molar-refractivity contribution < 1.29 is 29.5 Å². The van der Waals surface area contributed by atoms with E-state index in [1.165, 1.54) is 68.2 Å². The Morgan fingerprint density at radius 3 is 1.46 bits per heavy atom. The topological polar surface area (TPSA) is 221 Å². The average molecular weight is 1130 g/mol. The fraction of sp³-hybridized carbons (Fsp3) is 0.312. The zero-order valence-electron chi connectivity index (χ0n) is 38.5. The van der Waals surface area contributed by atoms with Gasteiger partial charge in [0.2, 0.25) is 0 Å². The lowest BCUT2D eigenvalue weighted by molar-refractivity contribution is 0.0691. The van der Waals surface area contributed by atoms with Gasteiger partial charge in [0, 0.05) is 79.0 Å². The molecular weight excluding hydrogens is 1080 g/mol. The molecule has 0 radical (unpaired) electrons. The number of amides is 2. The maximum atomic E-state index is 12.6. The highest BCUT2D eigenvalue weighted by Crippen LogP contribution is 2.26. The van der Waals surface area contributed by atoms with Crippen molar-refractivity contribution in [3.05, 3.63) is 140 Å². The summed E-state index contributed by atoms with van der Waals surface area (Å²) in [6.07, 6.45) is 25.4. The van der Waals surface area contributed by atoms with Crippen LogP contribution in [-0.2, 0) is 0 Å². The first-order valence-corrected chi connectivity index (χ1v) is 25.4. The van der Waals surface area contributed by atoms with Gasteiger partial charge in [-0.25, -0.2) is 33.3 Å². The zero-order valence-corrected chi connectivity index (χ0v) is 43.2. The number of aromatic carboxylic acids is 1. The molecule has 3 saturated heterocycles. The van der Waals surface area contributed by atoms with Crippen LogP contribution in [0.2, 0.25) is 10.0 Å². The molecule has 0 aliphatic carbocycles. The number of benzene rings is 2. The molecule has 0 saturated carbocycles. The Bertz CT molecular complexity index is 3060. The number of piperidine rings is 3. The van der Waals surface area contributed by atoms with Crippen molar-refractivity contribution in [2.45, 2.75) is 57.8 Å². The van der Waals surface area contributed by atoms with Gasteiger partial charge in [-0.15, -0.1) is 0 Å². The molecule has 4 N–H and O–H groups in total. The maximum absolute atomic E-state index is 12.6. The van der Waals surface area contributed by atoms with Crippen molar-refractivity contribution in [1.82, 2.24) is 58.9 Å². The third-order valence-corrected chi connectivity index (χ3v) is 13.1. The van der Waals surface area contributed by atoms with Crippen LogP contribution in [0, 0.1) is 0 Å². The van der Waals surface area contributed by atoms with Crippen molar-refractivity contribution in [2.24, 2.45) is 0 Å². The van der Waals surface area contributed by atoms with E-state index in [4.69, 9.17) is 38.4 Å². The average Bonchev–Trinajstić information content (AvgIpc) is 4.13. The van der Waals surface area contributed by atoms with Crippen LogP contribution in [0.3, 0.4) is 0 Å². The minimum absolute atomic E-state index is 0.0314. The number of aromatic nitrogens is 9. The molecule has 3 fully saturated rings. The molecule has 9 heterocycles. The number of carbonyl (C=O) groups excluding carboxylic acids is 2. The Balaban J connectivity index is 0.000000140. The lowest BCUT2D eigenvalue weighted by Crippen LogP contribution is -2.35. The van der Waals surface area contributed by atoms with Crippen LogP contribution in [-0.4, -0.2) is 133 Å². The SMILES string of the molecule is C1CCNCC1.O=C(O)c1cnc2c(Br)cnn2c1.O=C(c1cnc2c(-c3cccc(Cl)c3)cnn2c1)N1CCCCC1.O=C(c1cnc2c(Br)cnn2c1)N1CCCCC1.OB(O)c1cccc(Cl)c1. The van der Waals surface area contributed by atoms with Crippen LogP contribution >= 0.6 is 55.1 Å². The Labute approximate surface area is 436 Å². The van der Waals surface area contributed by atoms with E-state index in [1.54, 1.807) is 70.6 Å². The summed E-state index contributed by atoms with van der Waals surface area (Å²) < 4.78 is 6.27. The molecule has 0 unspecified atom stereocenters. The van der Waals surface area contributed by atoms with E-state index >= 15 is 0 Å². The third kappa shape index (κ3) is 14.6. The molecule has 8 aromatic rings. The second-order valence-electron chi connectivity index (χ2n) is 16.6. The minimum Gasteiger partial charge on any atom is -0.478 e. The fourth-order valence-corrected chi connectivity index (χ4v) is 8.93. The Morgan fingerprint density at radius 1 is 0.563 bits per heavy atom. The van der Waals surface area contributed by atoms with Crippen molar-refractivity contribution in [3.63, 3.8) is 0 Å². The van der Waals surface area contributed by atoms with E-state index in [0.29, 0.717) is 37.9 Å².